The predicted molar refractivity (Wildman–Crippen MR) is 54.4 cm³/mol. The Labute approximate surface area is 97.3 Å². The van der Waals surface area contributed by atoms with E-state index in [2.05, 4.69) is 10.6 Å². The van der Waals surface area contributed by atoms with Crippen LogP contribution in [0.15, 0.2) is 0 Å². The van der Waals surface area contributed by atoms with Crippen LogP contribution >= 0.6 is 0 Å². The lowest BCUT2D eigenvalue weighted by Gasteiger charge is -2.16. The smallest absolute Gasteiger partial charge is 0.383 e. The number of carbonyl (C=O) groups excluding carboxylic acids is 1. The Morgan fingerprint density at radius 2 is 2.06 bits per heavy atom. The molecule has 0 saturated heterocycles. The van der Waals surface area contributed by atoms with E-state index in [1.807, 2.05) is 0 Å². The van der Waals surface area contributed by atoms with Crippen molar-refractivity contribution in [2.75, 3.05) is 26.8 Å². The molecule has 0 saturated carbocycles. The maximum absolute atomic E-state index is 11.9. The van der Waals surface area contributed by atoms with E-state index in [4.69, 9.17) is 9.84 Å². The fourth-order valence-corrected chi connectivity index (χ4v) is 1.06. The molecule has 3 N–H and O–H groups in total. The second-order valence-corrected chi connectivity index (χ2v) is 3.61. The number of aliphatic hydroxyl groups is 1. The number of halogens is 3. The summed E-state index contributed by atoms with van der Waals surface area (Å²) in [4.78, 5) is 11.2. The number of hydrogen-bond donors (Lipinski definition) is 3. The Morgan fingerprint density at radius 1 is 1.47 bits per heavy atom. The van der Waals surface area contributed by atoms with Gasteiger partial charge in [-0.3, -0.25) is 4.79 Å². The molecule has 102 valence electrons. The van der Waals surface area contributed by atoms with E-state index in [0.717, 1.165) is 0 Å². The third kappa shape index (κ3) is 7.94. The summed E-state index contributed by atoms with van der Waals surface area (Å²) < 4.78 is 40.4. The minimum atomic E-state index is -4.67. The van der Waals surface area contributed by atoms with Gasteiger partial charge in [0.2, 0.25) is 5.91 Å². The molecule has 5 nitrogen and oxygen atoms in total. The highest BCUT2D eigenvalue weighted by Gasteiger charge is 2.37. The van der Waals surface area contributed by atoms with Gasteiger partial charge in [0.1, 0.15) is 0 Å². The summed E-state index contributed by atoms with van der Waals surface area (Å²) in [5.41, 5.74) is 0. The van der Waals surface area contributed by atoms with Gasteiger partial charge in [-0.1, -0.05) is 0 Å². The van der Waals surface area contributed by atoms with Gasteiger partial charge in [-0.05, 0) is 6.92 Å². The summed E-state index contributed by atoms with van der Waals surface area (Å²) in [5.74, 6) is -0.455. The zero-order valence-electron chi connectivity index (χ0n) is 9.67. The predicted octanol–water partition coefficient (Wildman–Crippen LogP) is -0.350. The number of nitrogens with one attached hydrogen (secondary N) is 2. The number of carbonyl (C=O) groups is 1. The van der Waals surface area contributed by atoms with E-state index in [0.29, 0.717) is 6.61 Å². The molecule has 2 unspecified atom stereocenters. The molecule has 0 aromatic carbocycles. The Balaban J connectivity index is 3.72. The van der Waals surface area contributed by atoms with Gasteiger partial charge in [-0.2, -0.15) is 13.2 Å². The molecule has 1 amide bonds. The molecule has 0 fully saturated rings. The van der Waals surface area contributed by atoms with Gasteiger partial charge in [0.15, 0.2) is 6.10 Å². The van der Waals surface area contributed by atoms with Crippen LogP contribution in [-0.2, 0) is 9.53 Å². The average molecular weight is 258 g/mol. The molecule has 0 aliphatic rings. The van der Waals surface area contributed by atoms with E-state index >= 15 is 0 Å². The first-order valence-electron chi connectivity index (χ1n) is 5.01. The monoisotopic (exact) mass is 258 g/mol. The standard InChI is InChI=1S/C9H17F3N2O3/c1-6(5-17-2)14-8(16)4-13-3-7(15)9(10,11)12/h6-7,13,15H,3-5H2,1-2H3,(H,14,16). The normalized spacial score (nSPS) is 15.4. The number of aliphatic hydroxyl groups excluding tert-OH is 1. The topological polar surface area (TPSA) is 70.6 Å². The van der Waals surface area contributed by atoms with Gasteiger partial charge in [0, 0.05) is 19.7 Å². The first-order valence-corrected chi connectivity index (χ1v) is 5.01. The van der Waals surface area contributed by atoms with Crippen molar-refractivity contribution in [3.63, 3.8) is 0 Å². The van der Waals surface area contributed by atoms with E-state index in [-0.39, 0.29) is 12.6 Å². The Bertz CT molecular complexity index is 236. The lowest BCUT2D eigenvalue weighted by Crippen LogP contribution is -2.44. The molecule has 0 aromatic heterocycles. The van der Waals surface area contributed by atoms with Crippen molar-refractivity contribution in [1.29, 1.82) is 0 Å². The summed E-state index contributed by atoms with van der Waals surface area (Å²) in [6, 6.07) is -0.221. The van der Waals surface area contributed by atoms with Crippen LogP contribution in [0.5, 0.6) is 0 Å². The second-order valence-electron chi connectivity index (χ2n) is 3.61. The molecule has 0 bridgehead atoms. The van der Waals surface area contributed by atoms with E-state index in [1.165, 1.54) is 7.11 Å². The fraction of sp³-hybridized carbons (Fsp3) is 0.889. The lowest BCUT2D eigenvalue weighted by molar-refractivity contribution is -0.201. The van der Waals surface area contributed by atoms with Crippen LogP contribution < -0.4 is 10.6 Å². The molecule has 0 rings (SSSR count). The number of alkyl halides is 3. The van der Waals surface area contributed by atoms with Gasteiger partial charge in [0.05, 0.1) is 13.2 Å². The van der Waals surface area contributed by atoms with Crippen molar-refractivity contribution in [3.05, 3.63) is 0 Å². The van der Waals surface area contributed by atoms with E-state index < -0.39 is 24.7 Å². The number of ether oxygens (including phenoxy) is 1. The first-order chi connectivity index (χ1) is 7.77. The highest BCUT2D eigenvalue weighted by atomic mass is 19.4. The van der Waals surface area contributed by atoms with Crippen LogP contribution in [-0.4, -0.2) is 56.1 Å². The Morgan fingerprint density at radius 3 is 2.53 bits per heavy atom. The van der Waals surface area contributed by atoms with E-state index in [1.54, 1.807) is 6.92 Å². The maximum Gasteiger partial charge on any atom is 0.415 e. The fourth-order valence-electron chi connectivity index (χ4n) is 1.06. The van der Waals surface area contributed by atoms with Gasteiger partial charge in [-0.25, -0.2) is 0 Å². The summed E-state index contributed by atoms with van der Waals surface area (Å²) in [6.45, 7) is 1.01. The number of hydrogen-bond acceptors (Lipinski definition) is 4. The third-order valence-electron chi connectivity index (χ3n) is 1.83. The second kappa shape index (κ2) is 7.46. The first kappa shape index (κ1) is 16.1. The van der Waals surface area contributed by atoms with Gasteiger partial charge in [0.25, 0.3) is 0 Å². The van der Waals surface area contributed by atoms with Crippen molar-refractivity contribution in [2.45, 2.75) is 25.2 Å². The van der Waals surface area contributed by atoms with Crippen molar-refractivity contribution in [2.24, 2.45) is 0 Å². The van der Waals surface area contributed by atoms with Crippen LogP contribution in [0.2, 0.25) is 0 Å². The minimum Gasteiger partial charge on any atom is -0.383 e. The maximum atomic E-state index is 11.9. The number of rotatable bonds is 7. The Hall–Kier alpha value is -0.860. The molecule has 8 heteroatoms. The van der Waals surface area contributed by atoms with Crippen molar-refractivity contribution < 1.29 is 27.8 Å². The molecule has 0 aromatic rings. The van der Waals surface area contributed by atoms with Gasteiger partial charge in [-0.15, -0.1) is 0 Å². The highest BCUT2D eigenvalue weighted by molar-refractivity contribution is 5.78. The van der Waals surface area contributed by atoms with Gasteiger partial charge < -0.3 is 20.5 Å². The zero-order valence-corrected chi connectivity index (χ0v) is 9.67. The lowest BCUT2D eigenvalue weighted by atomic mass is 10.3. The summed E-state index contributed by atoms with van der Waals surface area (Å²) in [6.07, 6.45) is -7.14. The molecule has 17 heavy (non-hydrogen) atoms. The van der Waals surface area contributed by atoms with Gasteiger partial charge >= 0.3 is 6.18 Å². The molecule has 0 radical (unpaired) electrons. The molecule has 2 atom stereocenters. The molecular formula is C9H17F3N2O3. The molecule has 0 aliphatic carbocycles. The van der Waals surface area contributed by atoms with Crippen LogP contribution in [0.4, 0.5) is 13.2 Å². The van der Waals surface area contributed by atoms with Crippen LogP contribution in [0.1, 0.15) is 6.92 Å². The number of methoxy groups -OCH3 is 1. The van der Waals surface area contributed by atoms with Crippen LogP contribution in [0, 0.1) is 0 Å². The molecule has 0 spiro atoms. The van der Waals surface area contributed by atoms with Crippen molar-refractivity contribution in [3.8, 4) is 0 Å². The summed E-state index contributed by atoms with van der Waals surface area (Å²) in [5, 5.41) is 13.3. The largest absolute Gasteiger partial charge is 0.415 e. The van der Waals surface area contributed by atoms with E-state index in [9.17, 15) is 18.0 Å². The molecule has 0 aliphatic heterocycles. The molecule has 0 heterocycles. The quantitative estimate of drug-likeness (QED) is 0.584. The summed E-state index contributed by atoms with van der Waals surface area (Å²) in [7, 11) is 1.47. The van der Waals surface area contributed by atoms with Crippen LogP contribution in [0.3, 0.4) is 0 Å². The highest BCUT2D eigenvalue weighted by Crippen LogP contribution is 2.18. The minimum absolute atomic E-state index is 0.221. The van der Waals surface area contributed by atoms with Crippen molar-refractivity contribution >= 4 is 5.91 Å². The van der Waals surface area contributed by atoms with Crippen LogP contribution in [0.25, 0.3) is 0 Å². The van der Waals surface area contributed by atoms with Crippen molar-refractivity contribution in [1.82, 2.24) is 10.6 Å². The molecular weight excluding hydrogens is 241 g/mol. The number of amides is 1. The summed E-state index contributed by atoms with van der Waals surface area (Å²) >= 11 is 0. The third-order valence-corrected chi connectivity index (χ3v) is 1.83. The zero-order chi connectivity index (χ0) is 13.5. The average Bonchev–Trinajstić information content (AvgIpc) is 2.16. The Kier molecular flexibility index (Phi) is 7.09. The SMILES string of the molecule is COCC(C)NC(=O)CNCC(O)C(F)(F)F.